The number of esters is 5. The summed E-state index contributed by atoms with van der Waals surface area (Å²) in [6, 6.07) is 7.34. The largest absolute Gasteiger partial charge is 0.463 e. The molecule has 0 saturated carbocycles. The molecule has 1 aromatic carbocycles. The van der Waals surface area contributed by atoms with Crippen molar-refractivity contribution in [2.75, 3.05) is 13.2 Å². The summed E-state index contributed by atoms with van der Waals surface area (Å²) in [5.74, 6) is -3.63. The molecule has 302 valence electrons. The lowest BCUT2D eigenvalue weighted by Crippen LogP contribution is -2.63. The summed E-state index contributed by atoms with van der Waals surface area (Å²) >= 11 is 0. The molecule has 1 aliphatic heterocycles. The second-order valence-corrected chi connectivity index (χ2v) is 13.5. The average molecular weight is 762 g/mol. The molecule has 0 spiro atoms. The molecule has 2 rings (SSSR count). The number of carbonyl (C=O) groups is 5. The predicted molar refractivity (Wildman–Crippen MR) is 197 cm³/mol. The zero-order valence-corrected chi connectivity index (χ0v) is 32.5. The van der Waals surface area contributed by atoms with Crippen molar-refractivity contribution in [1.29, 1.82) is 0 Å². The third kappa shape index (κ3) is 18.2. The lowest BCUT2D eigenvalue weighted by molar-refractivity contribution is -0.309. The summed E-state index contributed by atoms with van der Waals surface area (Å²) < 4.78 is 39.5. The Balaban J connectivity index is 2.20. The normalized spacial score (nSPS) is 20.4. The van der Waals surface area contributed by atoms with Gasteiger partial charge in [-0.2, -0.15) is 0 Å². The summed E-state index contributed by atoms with van der Waals surface area (Å²) in [7, 11) is 0. The maximum absolute atomic E-state index is 13.2. The lowest BCUT2D eigenvalue weighted by Gasteiger charge is -2.44. The van der Waals surface area contributed by atoms with Gasteiger partial charge >= 0.3 is 29.8 Å². The van der Waals surface area contributed by atoms with Crippen molar-refractivity contribution in [3.8, 4) is 0 Å². The Hall–Kier alpha value is -4.20. The minimum Gasteiger partial charge on any atom is -0.463 e. The molecule has 54 heavy (non-hydrogen) atoms. The average Bonchev–Trinajstić information content (AvgIpc) is 3.12. The van der Waals surface area contributed by atoms with Gasteiger partial charge in [-0.15, -0.1) is 0 Å². The quantitative estimate of drug-likeness (QED) is 0.0226. The van der Waals surface area contributed by atoms with Crippen molar-refractivity contribution >= 4 is 29.8 Å². The molecule has 1 aromatic rings. The van der Waals surface area contributed by atoms with Crippen LogP contribution in [-0.4, -0.2) is 85.9 Å². The third-order valence-electron chi connectivity index (χ3n) is 8.87. The molecule has 0 amide bonds. The zero-order valence-electron chi connectivity index (χ0n) is 32.5. The Bertz CT molecular complexity index is 1340. The molecule has 0 unspecified atom stereocenters. The van der Waals surface area contributed by atoms with Gasteiger partial charge in [0.25, 0.3) is 0 Å². The molecule has 1 aliphatic rings. The van der Waals surface area contributed by atoms with E-state index in [0.717, 1.165) is 46.5 Å². The first-order valence-corrected chi connectivity index (χ1v) is 19.2. The second-order valence-electron chi connectivity index (χ2n) is 13.5. The molecule has 0 radical (unpaired) electrons. The summed E-state index contributed by atoms with van der Waals surface area (Å²) in [5.41, 5.74) is 9.87. The van der Waals surface area contributed by atoms with Crippen molar-refractivity contribution in [3.63, 3.8) is 0 Å². The van der Waals surface area contributed by atoms with Crippen LogP contribution in [0.5, 0.6) is 0 Å². The lowest BCUT2D eigenvalue weighted by atomic mass is 9.98. The molecule has 15 nitrogen and oxygen atoms in total. The van der Waals surface area contributed by atoms with Gasteiger partial charge in [-0.25, -0.2) is 4.79 Å². The van der Waals surface area contributed by atoms with Crippen molar-refractivity contribution in [2.24, 2.45) is 5.11 Å². The SMILES string of the molecule is CCCCCCCCCCCCCCC[C@@H](OC(=O)c1ccccc1)[C@H](CO[C@@H]1O[C@H](COC(C)=O)[C@H](OC(C)=O)[C@H](OC(C)=O)[C@H]1OC(C)=O)N=[N+]=[N-]. The predicted octanol–water partition coefficient (Wildman–Crippen LogP) is 7.47. The fourth-order valence-electron chi connectivity index (χ4n) is 6.27. The van der Waals surface area contributed by atoms with Gasteiger partial charge in [-0.1, -0.05) is 107 Å². The molecule has 1 heterocycles. The van der Waals surface area contributed by atoms with Crippen LogP contribution in [0.25, 0.3) is 10.4 Å². The van der Waals surface area contributed by atoms with E-state index < -0.39 is 79.3 Å². The van der Waals surface area contributed by atoms with Crippen LogP contribution < -0.4 is 0 Å². The highest BCUT2D eigenvalue weighted by Gasteiger charge is 2.53. The number of ether oxygens (including phenoxy) is 7. The van der Waals surface area contributed by atoms with E-state index in [9.17, 15) is 29.5 Å². The Kier molecular flexibility index (Phi) is 22.6. The number of unbranched alkanes of at least 4 members (excludes halogenated alkanes) is 12. The molecule has 15 heteroatoms. The Labute approximate surface area is 318 Å². The fraction of sp³-hybridized carbons (Fsp3) is 0.718. The molecule has 1 saturated heterocycles. The van der Waals surface area contributed by atoms with Gasteiger partial charge in [0, 0.05) is 32.6 Å². The summed E-state index contributed by atoms with van der Waals surface area (Å²) in [6.45, 7) is 5.92. The van der Waals surface area contributed by atoms with Crippen LogP contribution in [0.15, 0.2) is 35.4 Å². The van der Waals surface area contributed by atoms with Gasteiger partial charge < -0.3 is 33.2 Å². The topological polar surface area (TPSA) is 199 Å². The van der Waals surface area contributed by atoms with Crippen molar-refractivity contribution in [3.05, 3.63) is 46.3 Å². The molecule has 0 aliphatic carbocycles. The van der Waals surface area contributed by atoms with Crippen LogP contribution in [0.1, 0.15) is 135 Å². The highest BCUT2D eigenvalue weighted by Crippen LogP contribution is 2.31. The summed E-state index contributed by atoms with van der Waals surface area (Å²) in [4.78, 5) is 64.4. The van der Waals surface area contributed by atoms with Crippen molar-refractivity contribution in [1.82, 2.24) is 0 Å². The Morgan fingerprint density at radius 1 is 0.722 bits per heavy atom. The van der Waals surface area contributed by atoms with Gasteiger partial charge in [0.05, 0.1) is 18.2 Å². The minimum atomic E-state index is -1.50. The van der Waals surface area contributed by atoms with Crippen LogP contribution in [0, 0.1) is 0 Å². The number of azide groups is 1. The van der Waals surface area contributed by atoms with Crippen LogP contribution in [0.2, 0.25) is 0 Å². The van der Waals surface area contributed by atoms with E-state index in [2.05, 4.69) is 16.9 Å². The zero-order chi connectivity index (χ0) is 39.7. The van der Waals surface area contributed by atoms with E-state index in [1.807, 2.05) is 0 Å². The van der Waals surface area contributed by atoms with Crippen LogP contribution >= 0.6 is 0 Å². The van der Waals surface area contributed by atoms with Gasteiger partial charge in [-0.3, -0.25) is 19.2 Å². The summed E-state index contributed by atoms with van der Waals surface area (Å²) in [5, 5.41) is 3.91. The number of rotatable bonds is 26. The van der Waals surface area contributed by atoms with E-state index in [4.69, 9.17) is 33.2 Å². The van der Waals surface area contributed by atoms with E-state index >= 15 is 0 Å². The summed E-state index contributed by atoms with van der Waals surface area (Å²) in [6.07, 6.45) is 7.50. The smallest absolute Gasteiger partial charge is 0.338 e. The molecule has 0 bridgehead atoms. The van der Waals surface area contributed by atoms with Crippen LogP contribution in [-0.2, 0) is 52.3 Å². The van der Waals surface area contributed by atoms with Gasteiger partial charge in [0.1, 0.15) is 18.8 Å². The number of hydrogen-bond donors (Lipinski definition) is 0. The molecule has 0 aromatic heterocycles. The van der Waals surface area contributed by atoms with Gasteiger partial charge in [0.15, 0.2) is 24.6 Å². The number of benzene rings is 1. The Morgan fingerprint density at radius 2 is 1.24 bits per heavy atom. The fourth-order valence-corrected chi connectivity index (χ4v) is 6.27. The van der Waals surface area contributed by atoms with Crippen molar-refractivity contribution in [2.45, 2.75) is 167 Å². The monoisotopic (exact) mass is 761 g/mol. The molecule has 7 atom stereocenters. The second kappa shape index (κ2) is 26.6. The van der Waals surface area contributed by atoms with Crippen molar-refractivity contribution < 1.29 is 57.1 Å². The van der Waals surface area contributed by atoms with Crippen LogP contribution in [0.4, 0.5) is 0 Å². The first kappa shape index (κ1) is 46.0. The highest BCUT2D eigenvalue weighted by atomic mass is 16.7. The van der Waals surface area contributed by atoms with E-state index in [-0.39, 0.29) is 6.61 Å². The minimum absolute atomic E-state index is 0.313. The molecular weight excluding hydrogens is 702 g/mol. The third-order valence-corrected chi connectivity index (χ3v) is 8.87. The standard InChI is InChI=1S/C39H59N3O12/c1-6-7-8-9-10-11-12-13-14-15-16-17-21-24-33(53-38(47)31-22-19-18-20-23-31)32(41-42-40)25-49-39-37(52-30(5)46)36(51-29(4)45)35(50-28(3)44)34(54-39)26-48-27(2)43/h18-20,22-23,32-37,39H,6-17,21,24-26H2,1-5H3/t32-,33+,34+,35-,36-,37+,39+/m0/s1. The molecule has 1 fully saturated rings. The van der Waals surface area contributed by atoms with E-state index in [1.165, 1.54) is 58.3 Å². The van der Waals surface area contributed by atoms with Crippen LogP contribution in [0.3, 0.4) is 0 Å². The number of nitrogens with zero attached hydrogens (tertiary/aromatic N) is 3. The Morgan fingerprint density at radius 3 is 1.76 bits per heavy atom. The maximum Gasteiger partial charge on any atom is 0.338 e. The number of carbonyl (C=O) groups excluding carboxylic acids is 5. The first-order chi connectivity index (χ1) is 26.0. The van der Waals surface area contributed by atoms with Gasteiger partial charge in [0.2, 0.25) is 0 Å². The van der Waals surface area contributed by atoms with E-state index in [1.54, 1.807) is 30.3 Å². The molecule has 0 N–H and O–H groups in total. The number of hydrogen-bond acceptors (Lipinski definition) is 13. The van der Waals surface area contributed by atoms with E-state index in [0.29, 0.717) is 18.4 Å². The molecular formula is C39H59N3O12. The first-order valence-electron chi connectivity index (χ1n) is 19.2. The van der Waals surface area contributed by atoms with Gasteiger partial charge in [-0.05, 0) is 30.5 Å². The maximum atomic E-state index is 13.2. The highest BCUT2D eigenvalue weighted by molar-refractivity contribution is 5.89.